The molecular weight excluding hydrogens is 228 g/mol. The van der Waals surface area contributed by atoms with E-state index in [0.717, 1.165) is 17.7 Å². The molecule has 1 saturated carbocycles. The molecule has 0 bridgehead atoms. The maximum Gasteiger partial charge on any atom is 0.244 e. The first kappa shape index (κ1) is 12.4. The van der Waals surface area contributed by atoms with Crippen LogP contribution in [0.15, 0.2) is 18.2 Å². The minimum Gasteiger partial charge on any atom is -0.496 e. The van der Waals surface area contributed by atoms with Crippen molar-refractivity contribution in [1.82, 2.24) is 0 Å². The van der Waals surface area contributed by atoms with Crippen molar-refractivity contribution in [2.45, 2.75) is 26.2 Å². The average molecular weight is 244 g/mol. The lowest BCUT2D eigenvalue weighted by atomic mass is 9.69. The van der Waals surface area contributed by atoms with Gasteiger partial charge in [-0.05, 0) is 49.9 Å². The van der Waals surface area contributed by atoms with Gasteiger partial charge < -0.3 is 10.1 Å². The summed E-state index contributed by atoms with van der Waals surface area (Å²) in [5.41, 5.74) is 0.850. The van der Waals surface area contributed by atoms with Crippen LogP contribution in [0.2, 0.25) is 0 Å². The molecule has 1 aliphatic rings. The molecule has 4 heteroatoms. The quantitative estimate of drug-likeness (QED) is 0.889. The number of nitriles is 1. The van der Waals surface area contributed by atoms with Gasteiger partial charge in [0.25, 0.3) is 0 Å². The minimum atomic E-state index is -0.812. The van der Waals surface area contributed by atoms with Crippen molar-refractivity contribution in [3.05, 3.63) is 23.8 Å². The molecule has 0 radical (unpaired) electrons. The van der Waals surface area contributed by atoms with Crippen LogP contribution in [0.5, 0.6) is 5.75 Å². The summed E-state index contributed by atoms with van der Waals surface area (Å²) in [6.07, 6.45) is 2.26. The fourth-order valence-corrected chi connectivity index (χ4v) is 2.13. The largest absolute Gasteiger partial charge is 0.496 e. The third kappa shape index (κ3) is 2.04. The Kier molecular flexibility index (Phi) is 3.24. The van der Waals surface area contributed by atoms with Gasteiger partial charge in [-0.3, -0.25) is 4.79 Å². The van der Waals surface area contributed by atoms with Crippen molar-refractivity contribution in [1.29, 1.82) is 5.26 Å². The van der Waals surface area contributed by atoms with Crippen molar-refractivity contribution in [2.75, 3.05) is 12.4 Å². The second-order valence-corrected chi connectivity index (χ2v) is 4.69. The highest BCUT2D eigenvalue weighted by Gasteiger charge is 2.44. The van der Waals surface area contributed by atoms with Crippen LogP contribution in [0.3, 0.4) is 0 Å². The van der Waals surface area contributed by atoms with Crippen LogP contribution in [-0.4, -0.2) is 13.0 Å². The molecule has 1 amide bonds. The number of ether oxygens (including phenoxy) is 1. The Hall–Kier alpha value is -2.02. The molecule has 2 rings (SSSR count). The highest BCUT2D eigenvalue weighted by molar-refractivity contribution is 5.98. The van der Waals surface area contributed by atoms with E-state index >= 15 is 0 Å². The zero-order valence-electron chi connectivity index (χ0n) is 10.6. The number of benzene rings is 1. The van der Waals surface area contributed by atoms with E-state index in [1.54, 1.807) is 13.2 Å². The highest BCUT2D eigenvalue weighted by Crippen LogP contribution is 2.41. The fourth-order valence-electron chi connectivity index (χ4n) is 2.13. The SMILES string of the molecule is COc1ccc(NC(=O)C2(C#N)CCC2)cc1C. The van der Waals surface area contributed by atoms with Gasteiger partial charge in [-0.25, -0.2) is 0 Å². The number of anilines is 1. The maximum atomic E-state index is 12.0. The van der Waals surface area contributed by atoms with Gasteiger partial charge >= 0.3 is 0 Å². The summed E-state index contributed by atoms with van der Waals surface area (Å²) in [5.74, 6) is 0.590. The van der Waals surface area contributed by atoms with Gasteiger partial charge in [-0.15, -0.1) is 0 Å². The number of aryl methyl sites for hydroxylation is 1. The molecule has 1 aliphatic carbocycles. The average Bonchev–Trinajstić information content (AvgIpc) is 2.28. The van der Waals surface area contributed by atoms with Crippen LogP contribution < -0.4 is 10.1 Å². The van der Waals surface area contributed by atoms with Crippen LogP contribution in [0, 0.1) is 23.7 Å². The molecule has 0 aliphatic heterocycles. The summed E-state index contributed by atoms with van der Waals surface area (Å²) in [6.45, 7) is 1.91. The molecule has 1 aromatic carbocycles. The van der Waals surface area contributed by atoms with Crippen LogP contribution in [-0.2, 0) is 4.79 Å². The third-order valence-corrected chi connectivity index (χ3v) is 3.51. The van der Waals surface area contributed by atoms with E-state index in [9.17, 15) is 4.79 Å². The molecule has 18 heavy (non-hydrogen) atoms. The summed E-state index contributed by atoms with van der Waals surface area (Å²) >= 11 is 0. The van der Waals surface area contributed by atoms with Gasteiger partial charge in [0, 0.05) is 5.69 Å². The standard InChI is InChI=1S/C14H16N2O2/c1-10-8-11(4-5-12(10)18-2)16-13(17)14(9-15)6-3-7-14/h4-5,8H,3,6-7H2,1-2H3,(H,16,17). The third-order valence-electron chi connectivity index (χ3n) is 3.51. The topological polar surface area (TPSA) is 62.1 Å². The van der Waals surface area contributed by atoms with Crippen LogP contribution in [0.25, 0.3) is 0 Å². The summed E-state index contributed by atoms with van der Waals surface area (Å²) < 4.78 is 5.16. The second-order valence-electron chi connectivity index (χ2n) is 4.69. The van der Waals surface area contributed by atoms with E-state index in [0.29, 0.717) is 18.5 Å². The molecule has 0 unspecified atom stereocenters. The molecule has 0 aromatic heterocycles. The Morgan fingerprint density at radius 1 is 1.50 bits per heavy atom. The maximum absolute atomic E-state index is 12.0. The van der Waals surface area contributed by atoms with Gasteiger partial charge in [-0.1, -0.05) is 0 Å². The van der Waals surface area contributed by atoms with Crippen molar-refractivity contribution >= 4 is 11.6 Å². The van der Waals surface area contributed by atoms with Gasteiger partial charge in [0.2, 0.25) is 5.91 Å². The number of nitrogens with one attached hydrogen (secondary N) is 1. The molecule has 0 heterocycles. The van der Waals surface area contributed by atoms with Crippen LogP contribution in [0.4, 0.5) is 5.69 Å². The van der Waals surface area contributed by atoms with Crippen molar-refractivity contribution in [3.63, 3.8) is 0 Å². The molecule has 0 saturated heterocycles. The van der Waals surface area contributed by atoms with Gasteiger partial charge in [0.05, 0.1) is 13.2 Å². The summed E-state index contributed by atoms with van der Waals surface area (Å²) in [5, 5.41) is 11.9. The first-order chi connectivity index (χ1) is 8.61. The van der Waals surface area contributed by atoms with E-state index in [1.807, 2.05) is 19.1 Å². The molecule has 1 aromatic rings. The molecular formula is C14H16N2O2. The monoisotopic (exact) mass is 244 g/mol. The number of hydrogen-bond acceptors (Lipinski definition) is 3. The fraction of sp³-hybridized carbons (Fsp3) is 0.429. The Morgan fingerprint density at radius 3 is 2.67 bits per heavy atom. The number of nitrogens with zero attached hydrogens (tertiary/aromatic N) is 1. The molecule has 94 valence electrons. The lowest BCUT2D eigenvalue weighted by Gasteiger charge is -2.33. The van der Waals surface area contributed by atoms with Gasteiger partial charge in [-0.2, -0.15) is 5.26 Å². The first-order valence-corrected chi connectivity index (χ1v) is 5.99. The second kappa shape index (κ2) is 4.69. The van der Waals surface area contributed by atoms with E-state index < -0.39 is 5.41 Å². The predicted molar refractivity (Wildman–Crippen MR) is 68.3 cm³/mol. The van der Waals surface area contributed by atoms with Crippen molar-refractivity contribution in [3.8, 4) is 11.8 Å². The normalized spacial score (nSPS) is 16.3. The number of hydrogen-bond donors (Lipinski definition) is 1. The number of carbonyl (C=O) groups excluding carboxylic acids is 1. The Morgan fingerprint density at radius 2 is 2.22 bits per heavy atom. The van der Waals surface area contributed by atoms with E-state index in [-0.39, 0.29) is 5.91 Å². The summed E-state index contributed by atoms with van der Waals surface area (Å²) in [4.78, 5) is 12.0. The van der Waals surface area contributed by atoms with Crippen molar-refractivity contribution < 1.29 is 9.53 Å². The Balaban J connectivity index is 2.13. The number of carbonyl (C=O) groups is 1. The smallest absolute Gasteiger partial charge is 0.244 e. The number of methoxy groups -OCH3 is 1. The van der Waals surface area contributed by atoms with E-state index in [1.165, 1.54) is 0 Å². The predicted octanol–water partition coefficient (Wildman–Crippen LogP) is 2.64. The zero-order valence-corrected chi connectivity index (χ0v) is 10.6. The Bertz CT molecular complexity index is 513. The molecule has 4 nitrogen and oxygen atoms in total. The van der Waals surface area contributed by atoms with E-state index in [2.05, 4.69) is 11.4 Å². The van der Waals surface area contributed by atoms with Crippen molar-refractivity contribution in [2.24, 2.45) is 5.41 Å². The first-order valence-electron chi connectivity index (χ1n) is 5.99. The van der Waals surface area contributed by atoms with E-state index in [4.69, 9.17) is 10.00 Å². The number of amides is 1. The van der Waals surface area contributed by atoms with Crippen LogP contribution in [0.1, 0.15) is 24.8 Å². The minimum absolute atomic E-state index is 0.194. The molecule has 0 spiro atoms. The lowest BCUT2D eigenvalue weighted by Crippen LogP contribution is -2.40. The highest BCUT2D eigenvalue weighted by atomic mass is 16.5. The van der Waals surface area contributed by atoms with Gasteiger partial charge in [0.1, 0.15) is 11.2 Å². The van der Waals surface area contributed by atoms with Gasteiger partial charge in [0.15, 0.2) is 0 Å². The lowest BCUT2D eigenvalue weighted by molar-refractivity contribution is -0.126. The molecule has 1 N–H and O–H groups in total. The number of rotatable bonds is 3. The summed E-state index contributed by atoms with van der Waals surface area (Å²) in [7, 11) is 1.61. The molecule has 0 atom stereocenters. The van der Waals surface area contributed by atoms with Crippen LogP contribution >= 0.6 is 0 Å². The zero-order chi connectivity index (χ0) is 13.2. The summed E-state index contributed by atoms with van der Waals surface area (Å²) in [6, 6.07) is 7.58. The Labute approximate surface area is 107 Å². The molecule has 1 fully saturated rings.